The van der Waals surface area contributed by atoms with Gasteiger partial charge in [0.05, 0.1) is 0 Å². The van der Waals surface area contributed by atoms with Crippen molar-refractivity contribution in [3.8, 4) is 5.75 Å². The molecule has 2 rings (SSSR count). The SMILES string of the molecule is O=C(COc1ccc(Br)cc1F)NCCSc1ccccc1. The minimum atomic E-state index is -0.498. The highest BCUT2D eigenvalue weighted by atomic mass is 79.9. The van der Waals surface area contributed by atoms with Gasteiger partial charge in [-0.25, -0.2) is 4.39 Å². The lowest BCUT2D eigenvalue weighted by atomic mass is 10.3. The quantitative estimate of drug-likeness (QED) is 0.582. The second-order valence-electron chi connectivity index (χ2n) is 4.37. The van der Waals surface area contributed by atoms with Crippen LogP contribution in [-0.2, 0) is 4.79 Å². The summed E-state index contributed by atoms with van der Waals surface area (Å²) in [6.07, 6.45) is 0. The van der Waals surface area contributed by atoms with Gasteiger partial charge in [-0.05, 0) is 30.3 Å². The molecule has 3 nitrogen and oxygen atoms in total. The van der Waals surface area contributed by atoms with Crippen LogP contribution in [0.25, 0.3) is 0 Å². The monoisotopic (exact) mass is 383 g/mol. The maximum atomic E-state index is 13.5. The molecule has 0 heterocycles. The van der Waals surface area contributed by atoms with Crippen molar-refractivity contribution in [2.24, 2.45) is 0 Å². The van der Waals surface area contributed by atoms with Crippen molar-refractivity contribution in [3.05, 3.63) is 58.8 Å². The van der Waals surface area contributed by atoms with E-state index in [0.717, 1.165) is 10.6 Å². The second-order valence-corrected chi connectivity index (χ2v) is 6.46. The normalized spacial score (nSPS) is 10.3. The van der Waals surface area contributed by atoms with Crippen LogP contribution in [0.3, 0.4) is 0 Å². The maximum absolute atomic E-state index is 13.5. The fraction of sp³-hybridized carbons (Fsp3) is 0.188. The first-order valence-corrected chi connectivity index (χ1v) is 8.45. The topological polar surface area (TPSA) is 38.3 Å². The van der Waals surface area contributed by atoms with Gasteiger partial charge in [0.15, 0.2) is 18.2 Å². The van der Waals surface area contributed by atoms with Gasteiger partial charge >= 0.3 is 0 Å². The molecule has 0 aliphatic heterocycles. The number of amides is 1. The molecule has 0 saturated heterocycles. The third-order valence-corrected chi connectivity index (χ3v) is 4.20. The first-order chi connectivity index (χ1) is 10.6. The van der Waals surface area contributed by atoms with Gasteiger partial charge in [0, 0.05) is 21.7 Å². The second kappa shape index (κ2) is 8.80. The van der Waals surface area contributed by atoms with E-state index in [4.69, 9.17) is 4.74 Å². The fourth-order valence-corrected chi connectivity index (χ4v) is 2.79. The summed E-state index contributed by atoms with van der Waals surface area (Å²) >= 11 is 4.82. The zero-order valence-electron chi connectivity index (χ0n) is 11.7. The molecule has 0 unspecified atom stereocenters. The highest BCUT2D eigenvalue weighted by Gasteiger charge is 2.07. The molecule has 0 radical (unpaired) electrons. The predicted molar refractivity (Wildman–Crippen MR) is 89.8 cm³/mol. The van der Waals surface area contributed by atoms with Crippen molar-refractivity contribution in [3.63, 3.8) is 0 Å². The minimum Gasteiger partial charge on any atom is -0.481 e. The van der Waals surface area contributed by atoms with Gasteiger partial charge in [-0.3, -0.25) is 4.79 Å². The maximum Gasteiger partial charge on any atom is 0.257 e. The van der Waals surface area contributed by atoms with Crippen LogP contribution in [0.4, 0.5) is 4.39 Å². The Morgan fingerprint density at radius 2 is 2.00 bits per heavy atom. The van der Waals surface area contributed by atoms with Crippen molar-refractivity contribution in [1.82, 2.24) is 5.32 Å². The van der Waals surface area contributed by atoms with Gasteiger partial charge in [-0.15, -0.1) is 11.8 Å². The zero-order valence-corrected chi connectivity index (χ0v) is 14.1. The van der Waals surface area contributed by atoms with E-state index in [0.29, 0.717) is 11.0 Å². The van der Waals surface area contributed by atoms with Crippen molar-refractivity contribution < 1.29 is 13.9 Å². The summed E-state index contributed by atoms with van der Waals surface area (Å²) in [4.78, 5) is 12.8. The molecular weight excluding hydrogens is 369 g/mol. The number of carbonyl (C=O) groups is 1. The molecule has 22 heavy (non-hydrogen) atoms. The van der Waals surface area contributed by atoms with Crippen molar-refractivity contribution in [2.75, 3.05) is 18.9 Å². The Labute approximate surface area is 141 Å². The van der Waals surface area contributed by atoms with E-state index < -0.39 is 5.82 Å². The van der Waals surface area contributed by atoms with Crippen LogP contribution in [0.1, 0.15) is 0 Å². The molecule has 0 atom stereocenters. The number of benzene rings is 2. The number of nitrogens with one attached hydrogen (secondary N) is 1. The van der Waals surface area contributed by atoms with Gasteiger partial charge < -0.3 is 10.1 Å². The van der Waals surface area contributed by atoms with Gasteiger partial charge in [-0.2, -0.15) is 0 Å². The highest BCUT2D eigenvalue weighted by molar-refractivity contribution is 9.10. The molecular formula is C16H15BrFNO2S. The first-order valence-electron chi connectivity index (χ1n) is 6.67. The minimum absolute atomic E-state index is 0.0667. The van der Waals surface area contributed by atoms with Crippen LogP contribution in [0.2, 0.25) is 0 Å². The summed E-state index contributed by atoms with van der Waals surface area (Å²) in [6.45, 7) is 0.332. The smallest absolute Gasteiger partial charge is 0.257 e. The van der Waals surface area contributed by atoms with E-state index in [1.165, 1.54) is 12.1 Å². The molecule has 1 amide bonds. The van der Waals surface area contributed by atoms with E-state index in [1.807, 2.05) is 30.3 Å². The molecule has 1 N–H and O–H groups in total. The van der Waals surface area contributed by atoms with Crippen LogP contribution in [0, 0.1) is 5.82 Å². The molecule has 2 aromatic rings. The van der Waals surface area contributed by atoms with Crippen LogP contribution < -0.4 is 10.1 Å². The average molecular weight is 384 g/mol. The summed E-state index contributed by atoms with van der Waals surface area (Å²) in [5, 5.41) is 2.74. The summed E-state index contributed by atoms with van der Waals surface area (Å²) in [6, 6.07) is 14.4. The number of hydrogen-bond donors (Lipinski definition) is 1. The molecule has 0 aliphatic carbocycles. The molecule has 0 saturated carbocycles. The summed E-state index contributed by atoms with van der Waals surface area (Å²) in [5.74, 6) is 0.0670. The Morgan fingerprint density at radius 1 is 1.23 bits per heavy atom. The lowest BCUT2D eigenvalue weighted by molar-refractivity contribution is -0.123. The third kappa shape index (κ3) is 5.69. The Morgan fingerprint density at radius 3 is 2.73 bits per heavy atom. The van der Waals surface area contributed by atoms with E-state index >= 15 is 0 Å². The van der Waals surface area contributed by atoms with Gasteiger partial charge in [0.25, 0.3) is 5.91 Å². The third-order valence-electron chi connectivity index (χ3n) is 2.69. The van der Waals surface area contributed by atoms with Crippen molar-refractivity contribution in [1.29, 1.82) is 0 Å². The van der Waals surface area contributed by atoms with Crippen LogP contribution in [0.5, 0.6) is 5.75 Å². The first kappa shape index (κ1) is 16.8. The molecule has 2 aromatic carbocycles. The zero-order chi connectivity index (χ0) is 15.8. The Bertz CT molecular complexity index is 625. The predicted octanol–water partition coefficient (Wildman–Crippen LogP) is 3.88. The molecule has 6 heteroatoms. The van der Waals surface area contributed by atoms with Crippen LogP contribution in [0.15, 0.2) is 57.9 Å². The van der Waals surface area contributed by atoms with Gasteiger partial charge in [0.2, 0.25) is 0 Å². The summed E-state index contributed by atoms with van der Waals surface area (Å²) in [5.41, 5.74) is 0. The van der Waals surface area contributed by atoms with Crippen molar-refractivity contribution in [2.45, 2.75) is 4.90 Å². The molecule has 0 aliphatic rings. The number of rotatable bonds is 7. The van der Waals surface area contributed by atoms with Gasteiger partial charge in [0.1, 0.15) is 0 Å². The fourth-order valence-electron chi connectivity index (χ4n) is 1.66. The van der Waals surface area contributed by atoms with E-state index in [9.17, 15) is 9.18 Å². The number of thioether (sulfide) groups is 1. The lowest BCUT2D eigenvalue weighted by Gasteiger charge is -2.08. The molecule has 0 spiro atoms. The number of hydrogen-bond acceptors (Lipinski definition) is 3. The van der Waals surface area contributed by atoms with Gasteiger partial charge in [-0.1, -0.05) is 34.1 Å². The Hall–Kier alpha value is -1.53. The number of halogens is 2. The van der Waals surface area contributed by atoms with E-state index in [-0.39, 0.29) is 18.3 Å². The lowest BCUT2D eigenvalue weighted by Crippen LogP contribution is -2.30. The highest BCUT2D eigenvalue weighted by Crippen LogP contribution is 2.21. The number of carbonyl (C=O) groups excluding carboxylic acids is 1. The average Bonchev–Trinajstić information content (AvgIpc) is 2.52. The van der Waals surface area contributed by atoms with Crippen LogP contribution >= 0.6 is 27.7 Å². The molecule has 0 bridgehead atoms. The molecule has 0 aromatic heterocycles. The Kier molecular flexibility index (Phi) is 6.74. The standard InChI is InChI=1S/C16H15BrFNO2S/c17-12-6-7-15(14(18)10-12)21-11-16(20)19-8-9-22-13-4-2-1-3-5-13/h1-7,10H,8-9,11H2,(H,19,20). The van der Waals surface area contributed by atoms with E-state index in [1.54, 1.807) is 17.8 Å². The summed E-state index contributed by atoms with van der Waals surface area (Å²) in [7, 11) is 0. The summed E-state index contributed by atoms with van der Waals surface area (Å²) < 4.78 is 19.3. The number of ether oxygens (including phenoxy) is 1. The van der Waals surface area contributed by atoms with Crippen LogP contribution in [-0.4, -0.2) is 24.8 Å². The molecule has 0 fully saturated rings. The Balaban J connectivity index is 1.65. The molecule has 116 valence electrons. The van der Waals surface area contributed by atoms with E-state index in [2.05, 4.69) is 21.2 Å². The van der Waals surface area contributed by atoms with Crippen molar-refractivity contribution >= 4 is 33.6 Å². The largest absolute Gasteiger partial charge is 0.481 e.